The molecule has 0 fully saturated rings. The molecule has 0 saturated heterocycles. The lowest BCUT2D eigenvalue weighted by Gasteiger charge is -2.04. The van der Waals surface area contributed by atoms with E-state index < -0.39 is 4.92 Å². The summed E-state index contributed by atoms with van der Waals surface area (Å²) in [5.74, 6) is 0.227. The van der Waals surface area contributed by atoms with Gasteiger partial charge in [-0.2, -0.15) is 5.26 Å². The highest BCUT2D eigenvalue weighted by atomic mass is 16.6. The van der Waals surface area contributed by atoms with Crippen LogP contribution >= 0.6 is 0 Å². The number of ether oxygens (including phenoxy) is 1. The molecule has 0 spiro atoms. The van der Waals surface area contributed by atoms with Gasteiger partial charge in [0.15, 0.2) is 5.56 Å². The topological polar surface area (TPSA) is 76.2 Å². The molecular weight excluding hydrogens is 184 g/mol. The van der Waals surface area contributed by atoms with E-state index in [9.17, 15) is 10.1 Å². The second kappa shape index (κ2) is 3.75. The van der Waals surface area contributed by atoms with Crippen molar-refractivity contribution >= 4 is 5.69 Å². The Bertz CT molecular complexity index is 421. The lowest BCUT2D eigenvalue weighted by molar-refractivity contribution is -0.385. The summed E-state index contributed by atoms with van der Waals surface area (Å²) in [6.45, 7) is 1.58. The summed E-state index contributed by atoms with van der Waals surface area (Å²) in [5, 5.41) is 19.4. The van der Waals surface area contributed by atoms with Crippen LogP contribution in [0.5, 0.6) is 5.75 Å². The Morgan fingerprint density at radius 1 is 1.57 bits per heavy atom. The third-order valence-electron chi connectivity index (χ3n) is 1.86. The van der Waals surface area contributed by atoms with Gasteiger partial charge in [0.1, 0.15) is 11.8 Å². The standard InChI is InChI=1S/C9H8N2O3/c1-6-3-4-8(14-2)7(5-10)9(6)11(12)13/h3-4H,1-2H3. The van der Waals surface area contributed by atoms with Crippen LogP contribution in [0.4, 0.5) is 5.69 Å². The fraction of sp³-hybridized carbons (Fsp3) is 0.222. The van der Waals surface area contributed by atoms with Crippen LogP contribution in [0.15, 0.2) is 12.1 Å². The van der Waals surface area contributed by atoms with Gasteiger partial charge < -0.3 is 4.74 Å². The maximum atomic E-state index is 10.7. The second-order valence-electron chi connectivity index (χ2n) is 2.68. The van der Waals surface area contributed by atoms with E-state index in [1.165, 1.54) is 7.11 Å². The number of methoxy groups -OCH3 is 1. The van der Waals surface area contributed by atoms with E-state index >= 15 is 0 Å². The van der Waals surface area contributed by atoms with Gasteiger partial charge in [-0.15, -0.1) is 0 Å². The van der Waals surface area contributed by atoms with Crippen molar-refractivity contribution in [2.45, 2.75) is 6.92 Å². The summed E-state index contributed by atoms with van der Waals surface area (Å²) in [6.07, 6.45) is 0. The first kappa shape index (κ1) is 9.99. The van der Waals surface area contributed by atoms with Crippen molar-refractivity contribution in [3.05, 3.63) is 33.4 Å². The summed E-state index contributed by atoms with van der Waals surface area (Å²) in [4.78, 5) is 10.1. The van der Waals surface area contributed by atoms with Gasteiger partial charge >= 0.3 is 0 Å². The number of hydrogen-bond donors (Lipinski definition) is 0. The van der Waals surface area contributed by atoms with Crippen molar-refractivity contribution in [3.8, 4) is 11.8 Å². The number of rotatable bonds is 2. The van der Waals surface area contributed by atoms with Crippen LogP contribution < -0.4 is 4.74 Å². The highest BCUT2D eigenvalue weighted by Gasteiger charge is 2.21. The van der Waals surface area contributed by atoms with Crippen LogP contribution in [0.2, 0.25) is 0 Å². The molecule has 0 aromatic heterocycles. The number of nitriles is 1. The summed E-state index contributed by atoms with van der Waals surface area (Å²) >= 11 is 0. The minimum atomic E-state index is -0.573. The van der Waals surface area contributed by atoms with E-state index in [4.69, 9.17) is 10.00 Å². The summed E-state index contributed by atoms with van der Waals surface area (Å²) in [6, 6.07) is 4.87. The van der Waals surface area contributed by atoms with Crippen LogP contribution in [0.25, 0.3) is 0 Å². The molecule has 0 radical (unpaired) electrons. The van der Waals surface area contributed by atoms with Crippen LogP contribution in [0.3, 0.4) is 0 Å². The van der Waals surface area contributed by atoms with Gasteiger partial charge in [0.25, 0.3) is 5.69 Å². The van der Waals surface area contributed by atoms with E-state index in [-0.39, 0.29) is 17.0 Å². The molecule has 0 unspecified atom stereocenters. The molecule has 5 heteroatoms. The van der Waals surface area contributed by atoms with Crippen molar-refractivity contribution in [2.75, 3.05) is 7.11 Å². The van der Waals surface area contributed by atoms with Gasteiger partial charge in [0.05, 0.1) is 12.0 Å². The maximum absolute atomic E-state index is 10.7. The molecule has 72 valence electrons. The van der Waals surface area contributed by atoms with Crippen molar-refractivity contribution in [2.24, 2.45) is 0 Å². The Labute approximate surface area is 80.7 Å². The van der Waals surface area contributed by atoms with Crippen LogP contribution in [0.1, 0.15) is 11.1 Å². The monoisotopic (exact) mass is 192 g/mol. The number of nitrogens with zero attached hydrogens (tertiary/aromatic N) is 2. The Morgan fingerprint density at radius 3 is 2.64 bits per heavy atom. The molecule has 0 N–H and O–H groups in total. The van der Waals surface area contributed by atoms with E-state index in [2.05, 4.69) is 0 Å². The van der Waals surface area contributed by atoms with E-state index in [1.807, 2.05) is 0 Å². The molecule has 0 atom stereocenters. The van der Waals surface area contributed by atoms with Gasteiger partial charge in [0.2, 0.25) is 0 Å². The highest BCUT2D eigenvalue weighted by molar-refractivity contribution is 5.60. The largest absolute Gasteiger partial charge is 0.495 e. The predicted molar refractivity (Wildman–Crippen MR) is 49.1 cm³/mol. The van der Waals surface area contributed by atoms with Crippen LogP contribution in [0, 0.1) is 28.4 Å². The smallest absolute Gasteiger partial charge is 0.293 e. The molecule has 0 saturated carbocycles. The Balaban J connectivity index is 3.53. The first-order valence-corrected chi connectivity index (χ1v) is 3.84. The summed E-state index contributed by atoms with van der Waals surface area (Å²) in [7, 11) is 1.37. The number of aryl methyl sites for hydroxylation is 1. The molecule has 0 amide bonds. The van der Waals surface area contributed by atoms with E-state index in [0.29, 0.717) is 5.56 Å². The zero-order valence-corrected chi connectivity index (χ0v) is 7.77. The molecule has 0 aliphatic heterocycles. The van der Waals surface area contributed by atoms with Crippen molar-refractivity contribution < 1.29 is 9.66 Å². The average molecular weight is 192 g/mol. The first-order valence-electron chi connectivity index (χ1n) is 3.84. The quantitative estimate of drug-likeness (QED) is 0.528. The van der Waals surface area contributed by atoms with Gasteiger partial charge in [-0.3, -0.25) is 10.1 Å². The molecular formula is C9H8N2O3. The Hall–Kier alpha value is -2.09. The van der Waals surface area contributed by atoms with Crippen molar-refractivity contribution in [3.63, 3.8) is 0 Å². The number of hydrogen-bond acceptors (Lipinski definition) is 4. The van der Waals surface area contributed by atoms with Gasteiger partial charge in [-0.05, 0) is 19.1 Å². The van der Waals surface area contributed by atoms with Gasteiger partial charge in [0, 0.05) is 5.56 Å². The molecule has 1 aromatic carbocycles. The normalized spacial score (nSPS) is 9.21. The number of nitro groups is 1. The van der Waals surface area contributed by atoms with Crippen molar-refractivity contribution in [1.82, 2.24) is 0 Å². The highest BCUT2D eigenvalue weighted by Crippen LogP contribution is 2.30. The van der Waals surface area contributed by atoms with Crippen molar-refractivity contribution in [1.29, 1.82) is 5.26 Å². The minimum absolute atomic E-state index is 0.0301. The molecule has 14 heavy (non-hydrogen) atoms. The Kier molecular flexibility index (Phi) is 2.67. The lowest BCUT2D eigenvalue weighted by atomic mass is 10.1. The van der Waals surface area contributed by atoms with E-state index in [1.54, 1.807) is 25.1 Å². The maximum Gasteiger partial charge on any atom is 0.293 e. The zero-order chi connectivity index (χ0) is 10.7. The second-order valence-corrected chi connectivity index (χ2v) is 2.68. The van der Waals surface area contributed by atoms with E-state index in [0.717, 1.165) is 0 Å². The number of benzene rings is 1. The lowest BCUT2D eigenvalue weighted by Crippen LogP contribution is -1.98. The molecule has 0 aliphatic carbocycles. The summed E-state index contributed by atoms with van der Waals surface area (Å²) in [5.41, 5.74) is 0.233. The van der Waals surface area contributed by atoms with Gasteiger partial charge in [-0.25, -0.2) is 0 Å². The molecule has 1 rings (SSSR count). The molecule has 0 heterocycles. The molecule has 0 bridgehead atoms. The predicted octanol–water partition coefficient (Wildman–Crippen LogP) is 1.78. The zero-order valence-electron chi connectivity index (χ0n) is 7.77. The first-order chi connectivity index (χ1) is 6.61. The fourth-order valence-corrected chi connectivity index (χ4v) is 1.19. The van der Waals surface area contributed by atoms with Crippen LogP contribution in [-0.2, 0) is 0 Å². The Morgan fingerprint density at radius 2 is 2.21 bits per heavy atom. The molecule has 5 nitrogen and oxygen atoms in total. The SMILES string of the molecule is COc1ccc(C)c([N+](=O)[O-])c1C#N. The summed E-state index contributed by atoms with van der Waals surface area (Å²) < 4.78 is 4.86. The minimum Gasteiger partial charge on any atom is -0.495 e. The molecule has 1 aromatic rings. The average Bonchev–Trinajstić information content (AvgIpc) is 2.16. The fourth-order valence-electron chi connectivity index (χ4n) is 1.19. The third-order valence-corrected chi connectivity index (χ3v) is 1.86. The van der Waals surface area contributed by atoms with Crippen LogP contribution in [-0.4, -0.2) is 12.0 Å². The number of nitro benzene ring substituents is 1. The molecule has 0 aliphatic rings. The van der Waals surface area contributed by atoms with Gasteiger partial charge in [-0.1, -0.05) is 0 Å². The third kappa shape index (κ3) is 1.50.